The van der Waals surface area contributed by atoms with E-state index < -0.39 is 5.41 Å². The summed E-state index contributed by atoms with van der Waals surface area (Å²) in [6, 6.07) is 3.88. The largest absolute Gasteiger partial charge is 0.352 e. The normalized spacial score (nSPS) is 20.7. The maximum absolute atomic E-state index is 13.1. The van der Waals surface area contributed by atoms with Gasteiger partial charge in [0.1, 0.15) is 5.82 Å². The summed E-state index contributed by atoms with van der Waals surface area (Å²) in [5.41, 5.74) is 0.324. The average Bonchev–Trinajstić information content (AvgIpc) is 3.12. The Kier molecular flexibility index (Phi) is 5.38. The molecule has 2 aromatic rings. The molecule has 0 aromatic carbocycles. The van der Waals surface area contributed by atoms with Crippen molar-refractivity contribution in [2.75, 3.05) is 44.2 Å². The van der Waals surface area contributed by atoms with Crippen LogP contribution < -0.4 is 4.90 Å². The summed E-state index contributed by atoms with van der Waals surface area (Å²) < 4.78 is 1.75. The number of amides is 2. The van der Waals surface area contributed by atoms with Crippen LogP contribution in [0.4, 0.5) is 5.82 Å². The second-order valence-corrected chi connectivity index (χ2v) is 9.36. The van der Waals surface area contributed by atoms with Crippen molar-refractivity contribution in [2.24, 2.45) is 11.3 Å². The molecule has 9 nitrogen and oxygen atoms in total. The van der Waals surface area contributed by atoms with Crippen LogP contribution in [0.1, 0.15) is 39.4 Å². The molecule has 0 saturated carbocycles. The zero-order valence-electron chi connectivity index (χ0n) is 18.3. The lowest BCUT2D eigenvalue weighted by Crippen LogP contribution is -2.54. The predicted octanol–water partition coefficient (Wildman–Crippen LogP) is 1.37. The highest BCUT2D eigenvalue weighted by molar-refractivity contribution is 5.84. The van der Waals surface area contributed by atoms with Crippen molar-refractivity contribution in [3.05, 3.63) is 18.0 Å². The standard InChI is InChI=1S/C21H31N7O2/c1-15-22-23-17-7-8-18(24-28(15)17)25-10-12-26(13-11-25)19(29)16-6-5-9-27(14-16)20(30)21(2,3)4/h7-8,16H,5-6,9-14H2,1-4H3/t16-/m1/s1. The van der Waals surface area contributed by atoms with E-state index in [-0.39, 0.29) is 17.7 Å². The molecule has 4 rings (SSSR count). The molecule has 0 N–H and O–H groups in total. The first-order valence-corrected chi connectivity index (χ1v) is 10.8. The van der Waals surface area contributed by atoms with Gasteiger partial charge in [-0.25, -0.2) is 0 Å². The number of piperazine rings is 1. The second kappa shape index (κ2) is 7.85. The molecule has 0 aliphatic carbocycles. The van der Waals surface area contributed by atoms with E-state index in [4.69, 9.17) is 0 Å². The quantitative estimate of drug-likeness (QED) is 0.739. The van der Waals surface area contributed by atoms with Gasteiger partial charge in [0.05, 0.1) is 5.92 Å². The zero-order chi connectivity index (χ0) is 21.5. The first-order valence-electron chi connectivity index (χ1n) is 10.8. The highest BCUT2D eigenvalue weighted by Gasteiger charge is 2.35. The minimum absolute atomic E-state index is 0.0919. The molecule has 0 spiro atoms. The number of nitrogens with zero attached hydrogens (tertiary/aromatic N) is 7. The molecule has 2 saturated heterocycles. The van der Waals surface area contributed by atoms with Crippen LogP contribution in [0.15, 0.2) is 12.1 Å². The molecule has 2 aliphatic rings. The summed E-state index contributed by atoms with van der Waals surface area (Å²) in [5, 5.41) is 12.8. The molecule has 30 heavy (non-hydrogen) atoms. The fourth-order valence-electron chi connectivity index (χ4n) is 4.31. The Bertz CT molecular complexity index is 940. The second-order valence-electron chi connectivity index (χ2n) is 9.36. The van der Waals surface area contributed by atoms with Crippen LogP contribution in [0.25, 0.3) is 5.65 Å². The maximum atomic E-state index is 13.1. The summed E-state index contributed by atoms with van der Waals surface area (Å²) >= 11 is 0. The zero-order valence-corrected chi connectivity index (χ0v) is 18.3. The van der Waals surface area contributed by atoms with Crippen LogP contribution in [-0.4, -0.2) is 80.7 Å². The Hall–Kier alpha value is -2.71. The van der Waals surface area contributed by atoms with Gasteiger partial charge < -0.3 is 14.7 Å². The van der Waals surface area contributed by atoms with E-state index in [0.717, 1.165) is 49.8 Å². The first kappa shape index (κ1) is 20.6. The van der Waals surface area contributed by atoms with Crippen LogP contribution in [0.5, 0.6) is 0 Å². The van der Waals surface area contributed by atoms with Crippen molar-refractivity contribution in [3.63, 3.8) is 0 Å². The first-order chi connectivity index (χ1) is 14.2. The van der Waals surface area contributed by atoms with Crippen LogP contribution in [0.3, 0.4) is 0 Å². The fourth-order valence-corrected chi connectivity index (χ4v) is 4.31. The smallest absolute Gasteiger partial charge is 0.227 e. The number of aromatic nitrogens is 4. The summed E-state index contributed by atoms with van der Waals surface area (Å²) in [6.07, 6.45) is 1.75. The Morgan fingerprint density at radius 1 is 1.00 bits per heavy atom. The molecule has 1 atom stereocenters. The van der Waals surface area contributed by atoms with Gasteiger partial charge in [0.25, 0.3) is 0 Å². The van der Waals surface area contributed by atoms with E-state index in [1.165, 1.54) is 0 Å². The van der Waals surface area contributed by atoms with Gasteiger partial charge in [0, 0.05) is 44.7 Å². The molecule has 9 heteroatoms. The molecule has 4 heterocycles. The Balaban J connectivity index is 1.36. The van der Waals surface area contributed by atoms with Crippen molar-refractivity contribution in [1.82, 2.24) is 29.6 Å². The average molecular weight is 414 g/mol. The molecule has 0 bridgehead atoms. The maximum Gasteiger partial charge on any atom is 0.227 e. The Morgan fingerprint density at radius 3 is 2.43 bits per heavy atom. The Morgan fingerprint density at radius 2 is 1.73 bits per heavy atom. The van der Waals surface area contributed by atoms with Crippen LogP contribution in [0.2, 0.25) is 0 Å². The van der Waals surface area contributed by atoms with E-state index >= 15 is 0 Å². The van der Waals surface area contributed by atoms with Gasteiger partial charge in [-0.15, -0.1) is 15.3 Å². The molecule has 0 unspecified atom stereocenters. The van der Waals surface area contributed by atoms with E-state index in [0.29, 0.717) is 19.6 Å². The minimum atomic E-state index is -0.409. The number of likely N-dealkylation sites (tertiary alicyclic amines) is 1. The van der Waals surface area contributed by atoms with Gasteiger partial charge in [0.2, 0.25) is 11.8 Å². The number of carbonyl (C=O) groups excluding carboxylic acids is 2. The van der Waals surface area contributed by atoms with Gasteiger partial charge in [0.15, 0.2) is 11.5 Å². The Labute approximate surface area is 177 Å². The number of aryl methyl sites for hydroxylation is 1. The molecule has 2 aromatic heterocycles. The number of hydrogen-bond donors (Lipinski definition) is 0. The van der Waals surface area contributed by atoms with E-state index in [1.807, 2.05) is 49.6 Å². The highest BCUT2D eigenvalue weighted by Crippen LogP contribution is 2.25. The minimum Gasteiger partial charge on any atom is -0.352 e. The summed E-state index contributed by atoms with van der Waals surface area (Å²) in [5.74, 6) is 1.85. The third-order valence-electron chi connectivity index (χ3n) is 6.02. The lowest BCUT2D eigenvalue weighted by molar-refractivity contribution is -0.145. The molecule has 0 radical (unpaired) electrons. The van der Waals surface area contributed by atoms with Crippen LogP contribution in [0, 0.1) is 18.3 Å². The topological polar surface area (TPSA) is 86.9 Å². The fraction of sp³-hybridized carbons (Fsp3) is 0.667. The van der Waals surface area contributed by atoms with Crippen molar-refractivity contribution in [3.8, 4) is 0 Å². The molecule has 2 amide bonds. The van der Waals surface area contributed by atoms with Gasteiger partial charge in [-0.05, 0) is 31.9 Å². The third kappa shape index (κ3) is 3.97. The highest BCUT2D eigenvalue weighted by atomic mass is 16.2. The van der Waals surface area contributed by atoms with Crippen molar-refractivity contribution >= 4 is 23.3 Å². The number of hydrogen-bond acceptors (Lipinski definition) is 6. The van der Waals surface area contributed by atoms with Crippen LogP contribution >= 0.6 is 0 Å². The van der Waals surface area contributed by atoms with E-state index in [9.17, 15) is 9.59 Å². The van der Waals surface area contributed by atoms with E-state index in [1.54, 1.807) is 4.52 Å². The van der Waals surface area contributed by atoms with Gasteiger partial charge in [-0.3, -0.25) is 9.59 Å². The van der Waals surface area contributed by atoms with Crippen molar-refractivity contribution in [2.45, 2.75) is 40.5 Å². The SMILES string of the molecule is Cc1nnc2ccc(N3CCN(C(=O)[C@@H]4CCCN(C(=O)C(C)(C)C)C4)CC3)nn12. The van der Waals surface area contributed by atoms with Gasteiger partial charge in [-0.1, -0.05) is 20.8 Å². The summed E-state index contributed by atoms with van der Waals surface area (Å²) in [6.45, 7) is 11.8. The van der Waals surface area contributed by atoms with Gasteiger partial charge >= 0.3 is 0 Å². The molecular formula is C21H31N7O2. The number of rotatable bonds is 2. The summed E-state index contributed by atoms with van der Waals surface area (Å²) in [7, 11) is 0. The van der Waals surface area contributed by atoms with Gasteiger partial charge in [-0.2, -0.15) is 4.52 Å². The number of carbonyl (C=O) groups is 2. The van der Waals surface area contributed by atoms with Crippen molar-refractivity contribution in [1.29, 1.82) is 0 Å². The number of anilines is 1. The number of piperidine rings is 1. The molecule has 162 valence electrons. The molecular weight excluding hydrogens is 382 g/mol. The monoisotopic (exact) mass is 413 g/mol. The summed E-state index contributed by atoms with van der Waals surface area (Å²) in [4.78, 5) is 31.8. The number of fused-ring (bicyclic) bond motifs is 1. The lowest BCUT2D eigenvalue weighted by Gasteiger charge is -2.40. The predicted molar refractivity (Wildman–Crippen MR) is 113 cm³/mol. The van der Waals surface area contributed by atoms with Crippen molar-refractivity contribution < 1.29 is 9.59 Å². The third-order valence-corrected chi connectivity index (χ3v) is 6.02. The molecule has 2 fully saturated rings. The van der Waals surface area contributed by atoms with Crippen LogP contribution in [-0.2, 0) is 9.59 Å². The lowest BCUT2D eigenvalue weighted by atomic mass is 9.90. The molecule has 2 aliphatic heterocycles. The van der Waals surface area contributed by atoms with E-state index in [2.05, 4.69) is 20.2 Å².